The van der Waals surface area contributed by atoms with E-state index >= 15 is 0 Å². The third kappa shape index (κ3) is 4.40. The first-order valence-corrected chi connectivity index (χ1v) is 9.60. The number of amides is 1. The van der Waals surface area contributed by atoms with Crippen molar-refractivity contribution in [3.63, 3.8) is 0 Å². The van der Waals surface area contributed by atoms with Crippen LogP contribution in [0.4, 0.5) is 11.5 Å². The van der Waals surface area contributed by atoms with Gasteiger partial charge in [0.25, 0.3) is 5.69 Å². The molecule has 0 N–H and O–H groups in total. The van der Waals surface area contributed by atoms with Crippen molar-refractivity contribution >= 4 is 17.4 Å². The van der Waals surface area contributed by atoms with Crippen LogP contribution in [0.1, 0.15) is 5.56 Å². The Morgan fingerprint density at radius 3 is 2.23 bits per heavy atom. The van der Waals surface area contributed by atoms with E-state index in [0.29, 0.717) is 26.2 Å². The van der Waals surface area contributed by atoms with Crippen LogP contribution in [0.2, 0.25) is 0 Å². The number of nitro benzene ring substituents is 1. The van der Waals surface area contributed by atoms with E-state index in [4.69, 9.17) is 0 Å². The average molecular weight is 404 g/mol. The second kappa shape index (κ2) is 8.64. The number of nitro groups is 1. The molecule has 152 valence electrons. The minimum Gasteiger partial charge on any atom is -0.352 e. The van der Waals surface area contributed by atoms with Gasteiger partial charge in [-0.1, -0.05) is 12.1 Å². The van der Waals surface area contributed by atoms with Crippen molar-refractivity contribution < 1.29 is 9.72 Å². The highest BCUT2D eigenvalue weighted by Gasteiger charge is 2.22. The molecule has 1 aromatic carbocycles. The molecule has 9 heteroatoms. The highest BCUT2D eigenvalue weighted by Crippen LogP contribution is 2.19. The maximum atomic E-state index is 12.6. The maximum Gasteiger partial charge on any atom is 0.269 e. The largest absolute Gasteiger partial charge is 0.352 e. The second-order valence-electron chi connectivity index (χ2n) is 6.98. The van der Waals surface area contributed by atoms with E-state index in [1.807, 2.05) is 29.2 Å². The summed E-state index contributed by atoms with van der Waals surface area (Å²) in [6.45, 7) is 2.55. The van der Waals surface area contributed by atoms with Crippen molar-refractivity contribution in [1.82, 2.24) is 20.1 Å². The lowest BCUT2D eigenvalue weighted by molar-refractivity contribution is -0.384. The Kier molecular flexibility index (Phi) is 5.60. The standard InChI is InChI=1S/C21H20N6O3/c28-21(15-16-1-3-18(4-2-16)27(29)30)26-13-11-25(12-14-26)20-6-5-19(23-24-20)17-7-9-22-10-8-17/h1-10H,11-15H2. The van der Waals surface area contributed by atoms with Crippen molar-refractivity contribution in [2.24, 2.45) is 0 Å². The van der Waals surface area contributed by atoms with Crippen molar-refractivity contribution in [2.75, 3.05) is 31.1 Å². The highest BCUT2D eigenvalue weighted by molar-refractivity contribution is 5.79. The zero-order valence-corrected chi connectivity index (χ0v) is 16.2. The number of aromatic nitrogens is 3. The summed E-state index contributed by atoms with van der Waals surface area (Å²) in [5, 5.41) is 19.4. The van der Waals surface area contributed by atoms with Crippen LogP contribution in [0.3, 0.4) is 0 Å². The lowest BCUT2D eigenvalue weighted by Gasteiger charge is -2.35. The monoisotopic (exact) mass is 404 g/mol. The lowest BCUT2D eigenvalue weighted by atomic mass is 10.1. The zero-order valence-electron chi connectivity index (χ0n) is 16.2. The van der Waals surface area contributed by atoms with Crippen LogP contribution in [0.25, 0.3) is 11.3 Å². The average Bonchev–Trinajstić information content (AvgIpc) is 2.80. The van der Waals surface area contributed by atoms with Gasteiger partial charge in [-0.25, -0.2) is 0 Å². The van der Waals surface area contributed by atoms with Gasteiger partial charge in [0, 0.05) is 56.3 Å². The summed E-state index contributed by atoms with van der Waals surface area (Å²) in [5.74, 6) is 0.804. The molecule has 0 atom stereocenters. The molecule has 3 heterocycles. The molecule has 1 amide bonds. The molecule has 1 saturated heterocycles. The molecule has 2 aromatic heterocycles. The van der Waals surface area contributed by atoms with Gasteiger partial charge < -0.3 is 9.80 Å². The van der Waals surface area contributed by atoms with E-state index in [-0.39, 0.29) is 18.0 Å². The number of piperazine rings is 1. The Balaban J connectivity index is 1.32. The van der Waals surface area contributed by atoms with Crippen LogP contribution in [-0.4, -0.2) is 57.1 Å². The van der Waals surface area contributed by atoms with Crippen LogP contribution in [0, 0.1) is 10.1 Å². The topological polar surface area (TPSA) is 105 Å². The number of hydrogen-bond acceptors (Lipinski definition) is 7. The molecule has 0 unspecified atom stereocenters. The number of benzene rings is 1. The molecular weight excluding hydrogens is 384 g/mol. The smallest absolute Gasteiger partial charge is 0.269 e. The number of carbonyl (C=O) groups is 1. The predicted molar refractivity (Wildman–Crippen MR) is 111 cm³/mol. The van der Waals surface area contributed by atoms with Crippen LogP contribution in [0.5, 0.6) is 0 Å². The first kappa shape index (κ1) is 19.4. The van der Waals surface area contributed by atoms with Crippen molar-refractivity contribution in [3.8, 4) is 11.3 Å². The first-order valence-electron chi connectivity index (χ1n) is 9.60. The minimum absolute atomic E-state index is 0.0163. The third-order valence-corrected chi connectivity index (χ3v) is 5.09. The van der Waals surface area contributed by atoms with E-state index in [0.717, 1.165) is 22.6 Å². The molecule has 1 aliphatic heterocycles. The van der Waals surface area contributed by atoms with Crippen LogP contribution in [-0.2, 0) is 11.2 Å². The first-order chi connectivity index (χ1) is 14.6. The van der Waals surface area contributed by atoms with E-state index in [1.54, 1.807) is 24.5 Å². The Hall–Kier alpha value is -3.88. The quantitative estimate of drug-likeness (QED) is 0.475. The van der Waals surface area contributed by atoms with Crippen LogP contribution < -0.4 is 4.90 Å². The van der Waals surface area contributed by atoms with Gasteiger partial charge in [-0.3, -0.25) is 19.9 Å². The molecule has 3 aromatic rings. The zero-order chi connectivity index (χ0) is 20.9. The number of anilines is 1. The van der Waals surface area contributed by atoms with Crippen molar-refractivity contribution in [1.29, 1.82) is 0 Å². The summed E-state index contributed by atoms with van der Waals surface area (Å²) < 4.78 is 0. The summed E-state index contributed by atoms with van der Waals surface area (Å²) in [6, 6.07) is 13.8. The van der Waals surface area contributed by atoms with E-state index in [2.05, 4.69) is 20.1 Å². The second-order valence-corrected chi connectivity index (χ2v) is 6.98. The Morgan fingerprint density at radius 2 is 1.63 bits per heavy atom. The number of non-ortho nitro benzene ring substituents is 1. The summed E-state index contributed by atoms with van der Waals surface area (Å²) in [4.78, 5) is 30.8. The predicted octanol–water partition coefficient (Wildman–Crippen LogP) is 2.34. The molecule has 0 bridgehead atoms. The SMILES string of the molecule is O=C(Cc1ccc([N+](=O)[O-])cc1)N1CCN(c2ccc(-c3ccncc3)nn2)CC1. The van der Waals surface area contributed by atoms with Gasteiger partial charge in [-0.05, 0) is 29.8 Å². The molecule has 1 fully saturated rings. The van der Waals surface area contributed by atoms with E-state index in [1.165, 1.54) is 12.1 Å². The molecule has 0 spiro atoms. The van der Waals surface area contributed by atoms with Crippen molar-refractivity contribution in [2.45, 2.75) is 6.42 Å². The van der Waals surface area contributed by atoms with Gasteiger partial charge in [0.1, 0.15) is 0 Å². The van der Waals surface area contributed by atoms with Gasteiger partial charge >= 0.3 is 0 Å². The Labute approximate surface area is 173 Å². The van der Waals surface area contributed by atoms with Crippen LogP contribution in [0.15, 0.2) is 60.9 Å². The van der Waals surface area contributed by atoms with Gasteiger partial charge in [0.05, 0.1) is 17.0 Å². The van der Waals surface area contributed by atoms with Crippen molar-refractivity contribution in [3.05, 3.63) is 76.6 Å². The number of pyridine rings is 1. The number of hydrogen-bond donors (Lipinski definition) is 0. The number of nitrogens with zero attached hydrogens (tertiary/aromatic N) is 6. The highest BCUT2D eigenvalue weighted by atomic mass is 16.6. The number of carbonyl (C=O) groups excluding carboxylic acids is 1. The molecule has 0 radical (unpaired) electrons. The lowest BCUT2D eigenvalue weighted by Crippen LogP contribution is -2.49. The van der Waals surface area contributed by atoms with Gasteiger partial charge in [-0.2, -0.15) is 0 Å². The van der Waals surface area contributed by atoms with Gasteiger partial charge in [0.15, 0.2) is 5.82 Å². The molecule has 9 nitrogen and oxygen atoms in total. The summed E-state index contributed by atoms with van der Waals surface area (Å²) in [7, 11) is 0. The van der Waals surface area contributed by atoms with Gasteiger partial charge in [0.2, 0.25) is 5.91 Å². The minimum atomic E-state index is -0.447. The Morgan fingerprint density at radius 1 is 0.933 bits per heavy atom. The summed E-state index contributed by atoms with van der Waals surface area (Å²) in [5.41, 5.74) is 2.55. The molecule has 30 heavy (non-hydrogen) atoms. The fraction of sp³-hybridized carbons (Fsp3) is 0.238. The molecule has 4 rings (SSSR count). The van der Waals surface area contributed by atoms with Crippen LogP contribution >= 0.6 is 0 Å². The fourth-order valence-electron chi connectivity index (χ4n) is 3.38. The molecule has 0 saturated carbocycles. The number of rotatable bonds is 5. The fourth-order valence-corrected chi connectivity index (χ4v) is 3.38. The van der Waals surface area contributed by atoms with E-state index < -0.39 is 4.92 Å². The summed E-state index contributed by atoms with van der Waals surface area (Å²) in [6.07, 6.45) is 3.67. The molecule has 0 aliphatic carbocycles. The Bertz CT molecular complexity index is 1020. The summed E-state index contributed by atoms with van der Waals surface area (Å²) >= 11 is 0. The molecule has 1 aliphatic rings. The third-order valence-electron chi connectivity index (χ3n) is 5.09. The van der Waals surface area contributed by atoms with Gasteiger partial charge in [-0.15, -0.1) is 10.2 Å². The molecular formula is C21H20N6O3. The van der Waals surface area contributed by atoms with E-state index in [9.17, 15) is 14.9 Å². The maximum absolute atomic E-state index is 12.6. The normalized spacial score (nSPS) is 13.9.